The molecule has 3 rings (SSSR count). The molecule has 120 valence electrons. The Labute approximate surface area is 139 Å². The smallest absolute Gasteiger partial charge is 0.286 e. The van der Waals surface area contributed by atoms with Gasteiger partial charge in [0.05, 0.1) is 12.0 Å². The van der Waals surface area contributed by atoms with Crippen LogP contribution >= 0.6 is 11.8 Å². The number of amides is 2. The van der Waals surface area contributed by atoms with Gasteiger partial charge in [0.15, 0.2) is 5.76 Å². The Morgan fingerprint density at radius 1 is 1.22 bits per heavy atom. The molecule has 0 aliphatic carbocycles. The van der Waals surface area contributed by atoms with Crippen LogP contribution in [0, 0.1) is 0 Å². The van der Waals surface area contributed by atoms with E-state index in [4.69, 9.17) is 4.42 Å². The zero-order valence-corrected chi connectivity index (χ0v) is 13.5. The lowest BCUT2D eigenvalue weighted by Crippen LogP contribution is -2.35. The molecular formula is C17H18N2O3S. The molecule has 1 N–H and O–H groups in total. The van der Waals surface area contributed by atoms with Crippen LogP contribution in [0.3, 0.4) is 0 Å². The molecule has 1 aliphatic rings. The van der Waals surface area contributed by atoms with Gasteiger partial charge in [-0.2, -0.15) is 0 Å². The summed E-state index contributed by atoms with van der Waals surface area (Å²) in [4.78, 5) is 27.3. The minimum Gasteiger partial charge on any atom is -0.459 e. The summed E-state index contributed by atoms with van der Waals surface area (Å²) in [7, 11) is 0. The van der Waals surface area contributed by atoms with E-state index in [2.05, 4.69) is 5.32 Å². The average Bonchev–Trinajstić information content (AvgIpc) is 3.01. The summed E-state index contributed by atoms with van der Waals surface area (Å²) in [5.74, 6) is 0.999. The molecule has 0 spiro atoms. The summed E-state index contributed by atoms with van der Waals surface area (Å²) in [6, 6.07) is 11.2. The Balaban J connectivity index is 1.59. The zero-order chi connectivity index (χ0) is 16.1. The number of para-hydroxylation sites is 1. The number of carbonyl (C=O) groups excluding carboxylic acids is 2. The van der Waals surface area contributed by atoms with Crippen molar-refractivity contribution in [3.63, 3.8) is 0 Å². The van der Waals surface area contributed by atoms with Gasteiger partial charge in [0.2, 0.25) is 5.91 Å². The van der Waals surface area contributed by atoms with Crippen LogP contribution in [0.4, 0.5) is 5.69 Å². The molecule has 0 unspecified atom stereocenters. The van der Waals surface area contributed by atoms with E-state index in [-0.39, 0.29) is 24.0 Å². The van der Waals surface area contributed by atoms with Gasteiger partial charge in [0, 0.05) is 24.4 Å². The maximum absolute atomic E-state index is 12.5. The quantitative estimate of drug-likeness (QED) is 0.936. The van der Waals surface area contributed by atoms with E-state index in [0.29, 0.717) is 6.54 Å². The van der Waals surface area contributed by atoms with Crippen molar-refractivity contribution in [2.24, 2.45) is 0 Å². The van der Waals surface area contributed by atoms with Crippen LogP contribution in [0.15, 0.2) is 52.0 Å². The van der Waals surface area contributed by atoms with Crippen LogP contribution in [0.2, 0.25) is 0 Å². The third kappa shape index (κ3) is 3.76. The summed E-state index contributed by atoms with van der Waals surface area (Å²) < 4.78 is 5.02. The van der Waals surface area contributed by atoms with Gasteiger partial charge in [-0.25, -0.2) is 0 Å². The standard InChI is InChI=1S/C17H18N2O3S/c20-16(8-9-18-17(21)14-6-3-11-22-14)19-10-4-12-23-15-7-2-1-5-13(15)19/h1-3,5-7,11H,4,8-10,12H2,(H,18,21). The number of furan rings is 1. The van der Waals surface area contributed by atoms with Gasteiger partial charge in [0.1, 0.15) is 0 Å². The van der Waals surface area contributed by atoms with Crippen LogP contribution in [0.5, 0.6) is 0 Å². The Bertz CT molecular complexity index is 685. The van der Waals surface area contributed by atoms with Gasteiger partial charge < -0.3 is 14.6 Å². The second-order valence-electron chi connectivity index (χ2n) is 5.20. The van der Waals surface area contributed by atoms with Crippen LogP contribution in [0.1, 0.15) is 23.4 Å². The highest BCUT2D eigenvalue weighted by molar-refractivity contribution is 7.99. The van der Waals surface area contributed by atoms with Crippen molar-refractivity contribution in [1.29, 1.82) is 0 Å². The summed E-state index contributed by atoms with van der Waals surface area (Å²) in [5, 5.41) is 2.71. The van der Waals surface area contributed by atoms with Crippen LogP contribution in [0.25, 0.3) is 0 Å². The van der Waals surface area contributed by atoms with Crippen molar-refractivity contribution < 1.29 is 14.0 Å². The highest BCUT2D eigenvalue weighted by atomic mass is 32.2. The first-order chi connectivity index (χ1) is 11.3. The number of benzene rings is 1. The molecule has 2 amide bonds. The molecule has 0 bridgehead atoms. The second kappa shape index (κ2) is 7.37. The molecular weight excluding hydrogens is 312 g/mol. The van der Waals surface area contributed by atoms with E-state index in [0.717, 1.165) is 29.3 Å². The highest BCUT2D eigenvalue weighted by Crippen LogP contribution is 2.33. The molecule has 2 heterocycles. The second-order valence-corrected chi connectivity index (χ2v) is 6.34. The number of thioether (sulfide) groups is 1. The SMILES string of the molecule is O=C(NCCC(=O)N1CCCSc2ccccc21)c1ccco1. The fourth-order valence-corrected chi connectivity index (χ4v) is 3.49. The lowest BCUT2D eigenvalue weighted by atomic mass is 10.2. The van der Waals surface area contributed by atoms with Crippen LogP contribution < -0.4 is 10.2 Å². The summed E-state index contributed by atoms with van der Waals surface area (Å²) in [6.45, 7) is 1.01. The largest absolute Gasteiger partial charge is 0.459 e. The number of anilines is 1. The zero-order valence-electron chi connectivity index (χ0n) is 12.7. The van der Waals surface area contributed by atoms with E-state index in [1.807, 2.05) is 29.2 Å². The first-order valence-corrected chi connectivity index (χ1v) is 8.58. The molecule has 6 heteroatoms. The predicted octanol–water partition coefficient (Wildman–Crippen LogP) is 2.93. The van der Waals surface area contributed by atoms with Crippen molar-refractivity contribution in [1.82, 2.24) is 5.32 Å². The third-order valence-corrected chi connectivity index (χ3v) is 4.76. The van der Waals surface area contributed by atoms with Gasteiger partial charge in [-0.15, -0.1) is 11.8 Å². The van der Waals surface area contributed by atoms with Crippen molar-refractivity contribution >= 4 is 29.3 Å². The summed E-state index contributed by atoms with van der Waals surface area (Å²) in [5.41, 5.74) is 0.970. The number of hydrogen-bond acceptors (Lipinski definition) is 4. The Morgan fingerprint density at radius 3 is 2.91 bits per heavy atom. The fourth-order valence-electron chi connectivity index (χ4n) is 2.50. The minimum atomic E-state index is -0.297. The van der Waals surface area contributed by atoms with Crippen molar-refractivity contribution in [3.8, 4) is 0 Å². The first kappa shape index (κ1) is 15.7. The molecule has 1 aromatic heterocycles. The molecule has 2 aromatic rings. The molecule has 0 fully saturated rings. The number of nitrogens with zero attached hydrogens (tertiary/aromatic N) is 1. The number of rotatable bonds is 4. The molecule has 23 heavy (non-hydrogen) atoms. The lowest BCUT2D eigenvalue weighted by Gasteiger charge is -2.22. The highest BCUT2D eigenvalue weighted by Gasteiger charge is 2.21. The van der Waals surface area contributed by atoms with Crippen molar-refractivity contribution in [3.05, 3.63) is 48.4 Å². The van der Waals surface area contributed by atoms with Gasteiger partial charge in [-0.1, -0.05) is 12.1 Å². The van der Waals surface area contributed by atoms with E-state index < -0.39 is 0 Å². The Morgan fingerprint density at radius 2 is 2.09 bits per heavy atom. The van der Waals surface area contributed by atoms with Gasteiger partial charge in [-0.3, -0.25) is 9.59 Å². The molecule has 5 nitrogen and oxygen atoms in total. The molecule has 0 saturated carbocycles. The van der Waals surface area contributed by atoms with Crippen molar-refractivity contribution in [2.75, 3.05) is 23.7 Å². The Kier molecular flexibility index (Phi) is 5.02. The maximum Gasteiger partial charge on any atom is 0.286 e. The predicted molar refractivity (Wildman–Crippen MR) is 89.8 cm³/mol. The number of hydrogen-bond donors (Lipinski definition) is 1. The number of fused-ring (bicyclic) bond motifs is 1. The fraction of sp³-hybridized carbons (Fsp3) is 0.294. The Hall–Kier alpha value is -2.21. The normalized spacial score (nSPS) is 14.0. The number of carbonyl (C=O) groups is 2. The summed E-state index contributed by atoms with van der Waals surface area (Å²) >= 11 is 1.78. The van der Waals surface area contributed by atoms with E-state index >= 15 is 0 Å². The van der Waals surface area contributed by atoms with E-state index in [1.165, 1.54) is 6.26 Å². The van der Waals surface area contributed by atoms with Crippen molar-refractivity contribution in [2.45, 2.75) is 17.7 Å². The van der Waals surface area contributed by atoms with E-state index in [9.17, 15) is 9.59 Å². The maximum atomic E-state index is 12.5. The third-order valence-electron chi connectivity index (χ3n) is 3.61. The minimum absolute atomic E-state index is 0.0275. The lowest BCUT2D eigenvalue weighted by molar-refractivity contribution is -0.118. The average molecular weight is 330 g/mol. The van der Waals surface area contributed by atoms with E-state index in [1.54, 1.807) is 23.9 Å². The van der Waals surface area contributed by atoms with Gasteiger partial charge in [-0.05, 0) is 36.4 Å². The number of nitrogens with one attached hydrogen (secondary N) is 1. The topological polar surface area (TPSA) is 62.6 Å². The molecule has 0 radical (unpaired) electrons. The van der Waals surface area contributed by atoms with Gasteiger partial charge >= 0.3 is 0 Å². The monoisotopic (exact) mass is 330 g/mol. The van der Waals surface area contributed by atoms with Gasteiger partial charge in [0.25, 0.3) is 5.91 Å². The van der Waals surface area contributed by atoms with Crippen LogP contribution in [-0.2, 0) is 4.79 Å². The molecule has 1 aliphatic heterocycles. The molecule has 0 atom stereocenters. The first-order valence-electron chi connectivity index (χ1n) is 7.59. The summed E-state index contributed by atoms with van der Waals surface area (Å²) in [6.07, 6.45) is 2.68. The van der Waals surface area contributed by atoms with Crippen LogP contribution in [-0.4, -0.2) is 30.7 Å². The molecule has 0 saturated heterocycles. The molecule has 1 aromatic carbocycles.